The first-order chi connectivity index (χ1) is 5.74. The number of carbonyl (C=O) groups is 1. The molecule has 0 saturated heterocycles. The Labute approximate surface area is 72.6 Å². The molecule has 12 heavy (non-hydrogen) atoms. The summed E-state index contributed by atoms with van der Waals surface area (Å²) in [6.07, 6.45) is 7.16. The van der Waals surface area contributed by atoms with E-state index in [0.717, 1.165) is 12.0 Å². The van der Waals surface area contributed by atoms with Crippen molar-refractivity contribution >= 4 is 5.78 Å². The standard InChI is InChI=1S/C10H14O2/c1-8-6-9(7-10(8)12)4-2-3-5-11/h2-3,6,9,11H,4-5,7H2,1H3. The summed E-state index contributed by atoms with van der Waals surface area (Å²) in [4.78, 5) is 11.1. The summed E-state index contributed by atoms with van der Waals surface area (Å²) in [5.41, 5.74) is 0.886. The molecule has 2 nitrogen and oxygen atoms in total. The van der Waals surface area contributed by atoms with Crippen LogP contribution in [0.1, 0.15) is 19.8 Å². The minimum Gasteiger partial charge on any atom is -0.392 e. The van der Waals surface area contributed by atoms with E-state index < -0.39 is 0 Å². The Kier molecular flexibility index (Phi) is 3.23. The topological polar surface area (TPSA) is 37.3 Å². The van der Waals surface area contributed by atoms with Crippen molar-refractivity contribution in [2.45, 2.75) is 19.8 Å². The molecule has 0 fully saturated rings. The molecule has 0 amide bonds. The SMILES string of the molecule is CC1=CC(CC=CCO)CC1=O. The van der Waals surface area contributed by atoms with E-state index in [1.165, 1.54) is 0 Å². The Balaban J connectivity index is 2.38. The van der Waals surface area contributed by atoms with Crippen molar-refractivity contribution < 1.29 is 9.90 Å². The average molecular weight is 166 g/mol. The molecule has 0 spiro atoms. The van der Waals surface area contributed by atoms with Crippen LogP contribution in [0.2, 0.25) is 0 Å². The highest BCUT2D eigenvalue weighted by molar-refractivity contribution is 5.97. The van der Waals surface area contributed by atoms with Gasteiger partial charge in [-0.3, -0.25) is 4.79 Å². The summed E-state index contributed by atoms with van der Waals surface area (Å²) >= 11 is 0. The summed E-state index contributed by atoms with van der Waals surface area (Å²) in [7, 11) is 0. The summed E-state index contributed by atoms with van der Waals surface area (Å²) in [5, 5.41) is 8.47. The second-order valence-corrected chi connectivity index (χ2v) is 3.13. The van der Waals surface area contributed by atoms with Crippen LogP contribution in [-0.4, -0.2) is 17.5 Å². The van der Waals surface area contributed by atoms with Crippen LogP contribution in [0.4, 0.5) is 0 Å². The largest absolute Gasteiger partial charge is 0.392 e. The molecule has 0 radical (unpaired) electrons. The maximum Gasteiger partial charge on any atom is 0.158 e. The first kappa shape index (κ1) is 9.20. The number of carbonyl (C=O) groups excluding carboxylic acids is 1. The van der Waals surface area contributed by atoms with Gasteiger partial charge in [0.1, 0.15) is 0 Å². The van der Waals surface area contributed by atoms with Gasteiger partial charge in [0.25, 0.3) is 0 Å². The lowest BCUT2D eigenvalue weighted by molar-refractivity contribution is -0.115. The number of allylic oxidation sites excluding steroid dienone is 3. The van der Waals surface area contributed by atoms with E-state index in [4.69, 9.17) is 5.11 Å². The van der Waals surface area contributed by atoms with Gasteiger partial charge in [0.15, 0.2) is 5.78 Å². The lowest BCUT2D eigenvalue weighted by Gasteiger charge is -1.99. The number of hydrogen-bond donors (Lipinski definition) is 1. The highest BCUT2D eigenvalue weighted by atomic mass is 16.2. The van der Waals surface area contributed by atoms with Crippen LogP contribution in [0.25, 0.3) is 0 Å². The van der Waals surface area contributed by atoms with Crippen molar-refractivity contribution in [3.8, 4) is 0 Å². The van der Waals surface area contributed by atoms with Crippen molar-refractivity contribution in [3.63, 3.8) is 0 Å². The lowest BCUT2D eigenvalue weighted by Crippen LogP contribution is -1.96. The molecule has 1 aliphatic carbocycles. The third kappa shape index (κ3) is 2.31. The maximum atomic E-state index is 11.1. The van der Waals surface area contributed by atoms with Crippen molar-refractivity contribution in [2.24, 2.45) is 5.92 Å². The number of hydrogen-bond acceptors (Lipinski definition) is 2. The minimum atomic E-state index is 0.0867. The lowest BCUT2D eigenvalue weighted by atomic mass is 10.1. The first-order valence-electron chi connectivity index (χ1n) is 4.21. The van der Waals surface area contributed by atoms with Gasteiger partial charge < -0.3 is 5.11 Å². The van der Waals surface area contributed by atoms with E-state index in [1.807, 2.05) is 19.1 Å². The van der Waals surface area contributed by atoms with Crippen LogP contribution in [0.15, 0.2) is 23.8 Å². The van der Waals surface area contributed by atoms with Gasteiger partial charge in [-0.15, -0.1) is 0 Å². The summed E-state index contributed by atoms with van der Waals surface area (Å²) in [6, 6.07) is 0. The molecule has 1 rings (SSSR count). The molecule has 0 saturated carbocycles. The van der Waals surface area contributed by atoms with Crippen LogP contribution in [0.5, 0.6) is 0 Å². The summed E-state index contributed by atoms with van der Waals surface area (Å²) < 4.78 is 0. The summed E-state index contributed by atoms with van der Waals surface area (Å²) in [6.45, 7) is 1.95. The normalized spacial score (nSPS) is 23.7. The fraction of sp³-hybridized carbons (Fsp3) is 0.500. The smallest absolute Gasteiger partial charge is 0.158 e. The molecule has 1 unspecified atom stereocenters. The van der Waals surface area contributed by atoms with E-state index in [-0.39, 0.29) is 12.4 Å². The Morgan fingerprint density at radius 3 is 2.92 bits per heavy atom. The van der Waals surface area contributed by atoms with Gasteiger partial charge in [0.05, 0.1) is 6.61 Å². The van der Waals surface area contributed by atoms with Gasteiger partial charge in [-0.2, -0.15) is 0 Å². The maximum absolute atomic E-state index is 11.1. The van der Waals surface area contributed by atoms with Gasteiger partial charge in [-0.05, 0) is 24.8 Å². The fourth-order valence-electron chi connectivity index (χ4n) is 1.40. The van der Waals surface area contributed by atoms with Crippen molar-refractivity contribution in [2.75, 3.05) is 6.61 Å². The van der Waals surface area contributed by atoms with Gasteiger partial charge in [0, 0.05) is 6.42 Å². The Morgan fingerprint density at radius 2 is 2.42 bits per heavy atom. The molecular formula is C10H14O2. The number of Topliss-reactive ketones (excluding diaryl/α,β-unsaturated/α-hetero) is 1. The Morgan fingerprint density at radius 1 is 1.67 bits per heavy atom. The zero-order valence-electron chi connectivity index (χ0n) is 7.29. The van der Waals surface area contributed by atoms with Crippen molar-refractivity contribution in [3.05, 3.63) is 23.8 Å². The van der Waals surface area contributed by atoms with Crippen LogP contribution in [0, 0.1) is 5.92 Å². The fourth-order valence-corrected chi connectivity index (χ4v) is 1.40. The summed E-state index contributed by atoms with van der Waals surface area (Å²) in [5.74, 6) is 0.623. The molecule has 0 heterocycles. The highest BCUT2D eigenvalue weighted by Crippen LogP contribution is 2.23. The second-order valence-electron chi connectivity index (χ2n) is 3.13. The monoisotopic (exact) mass is 166 g/mol. The van der Waals surface area contributed by atoms with E-state index in [0.29, 0.717) is 12.3 Å². The van der Waals surface area contributed by atoms with E-state index >= 15 is 0 Å². The molecule has 2 heteroatoms. The van der Waals surface area contributed by atoms with E-state index in [2.05, 4.69) is 0 Å². The molecule has 0 aromatic heterocycles. The van der Waals surface area contributed by atoms with Crippen molar-refractivity contribution in [1.29, 1.82) is 0 Å². The molecule has 0 aliphatic heterocycles. The average Bonchev–Trinajstić information content (AvgIpc) is 2.32. The van der Waals surface area contributed by atoms with Crippen LogP contribution >= 0.6 is 0 Å². The molecule has 1 aliphatic rings. The van der Waals surface area contributed by atoms with Gasteiger partial charge in [-0.25, -0.2) is 0 Å². The van der Waals surface area contributed by atoms with Crippen molar-refractivity contribution in [1.82, 2.24) is 0 Å². The number of ketones is 1. The first-order valence-corrected chi connectivity index (χ1v) is 4.21. The van der Waals surface area contributed by atoms with Crippen LogP contribution < -0.4 is 0 Å². The Hall–Kier alpha value is -0.890. The number of rotatable bonds is 3. The number of aliphatic hydroxyl groups excluding tert-OH is 1. The third-order valence-electron chi connectivity index (χ3n) is 2.08. The van der Waals surface area contributed by atoms with Crippen LogP contribution in [0.3, 0.4) is 0 Å². The predicted molar refractivity (Wildman–Crippen MR) is 47.7 cm³/mol. The molecule has 66 valence electrons. The molecule has 1 atom stereocenters. The Bertz CT molecular complexity index is 226. The molecule has 0 aromatic rings. The molecular weight excluding hydrogens is 152 g/mol. The minimum absolute atomic E-state index is 0.0867. The van der Waals surface area contributed by atoms with Crippen LogP contribution in [-0.2, 0) is 4.79 Å². The van der Waals surface area contributed by atoms with E-state index in [9.17, 15) is 4.79 Å². The third-order valence-corrected chi connectivity index (χ3v) is 2.08. The van der Waals surface area contributed by atoms with E-state index in [1.54, 1.807) is 6.08 Å². The molecule has 1 N–H and O–H groups in total. The zero-order valence-corrected chi connectivity index (χ0v) is 7.29. The predicted octanol–water partition coefficient (Wildman–Crippen LogP) is 1.46. The number of aliphatic hydroxyl groups is 1. The quantitative estimate of drug-likeness (QED) is 0.644. The molecule has 0 bridgehead atoms. The van der Waals surface area contributed by atoms with Gasteiger partial charge in [0.2, 0.25) is 0 Å². The molecule has 0 aromatic carbocycles. The van der Waals surface area contributed by atoms with Gasteiger partial charge >= 0.3 is 0 Å². The highest BCUT2D eigenvalue weighted by Gasteiger charge is 2.19. The van der Waals surface area contributed by atoms with Gasteiger partial charge in [-0.1, -0.05) is 18.2 Å². The zero-order chi connectivity index (χ0) is 8.97. The second kappa shape index (κ2) is 4.21.